The van der Waals surface area contributed by atoms with E-state index in [0.717, 1.165) is 30.0 Å². The molecular weight excluding hydrogens is 382 g/mol. The van der Waals surface area contributed by atoms with Crippen LogP contribution in [-0.2, 0) is 19.3 Å². The topological polar surface area (TPSA) is 68.0 Å². The summed E-state index contributed by atoms with van der Waals surface area (Å²) in [4.78, 5) is 22.8. The summed E-state index contributed by atoms with van der Waals surface area (Å²) in [7, 11) is 0. The van der Waals surface area contributed by atoms with Crippen LogP contribution in [0.3, 0.4) is 0 Å². The van der Waals surface area contributed by atoms with E-state index in [-0.39, 0.29) is 5.91 Å². The van der Waals surface area contributed by atoms with Crippen LogP contribution in [0.25, 0.3) is 11.1 Å². The Bertz CT molecular complexity index is 1110. The van der Waals surface area contributed by atoms with E-state index in [0.29, 0.717) is 29.1 Å². The highest BCUT2D eigenvalue weighted by Crippen LogP contribution is 2.19. The van der Waals surface area contributed by atoms with Gasteiger partial charge < -0.3 is 9.73 Å². The van der Waals surface area contributed by atoms with Crippen molar-refractivity contribution in [3.63, 3.8) is 0 Å². The Hall–Kier alpha value is -2.99. The van der Waals surface area contributed by atoms with E-state index in [1.807, 2.05) is 31.2 Å². The molecule has 1 amide bonds. The number of hydrogen-bond donors (Lipinski definition) is 1. The number of amides is 1. The van der Waals surface area contributed by atoms with Crippen LogP contribution in [0.2, 0.25) is 0 Å². The maximum atomic E-state index is 12.5. The molecule has 0 aliphatic rings. The second-order valence-corrected chi connectivity index (χ2v) is 8.32. The van der Waals surface area contributed by atoms with Gasteiger partial charge in [0.25, 0.3) is 5.91 Å². The van der Waals surface area contributed by atoms with Gasteiger partial charge in [0.05, 0.1) is 10.7 Å². The van der Waals surface area contributed by atoms with Crippen molar-refractivity contribution in [2.45, 2.75) is 33.1 Å². The molecule has 0 spiro atoms. The number of nitrogens with one attached hydrogen (secondary N) is 1. The Balaban J connectivity index is 1.36. The van der Waals surface area contributed by atoms with Gasteiger partial charge in [-0.2, -0.15) is 0 Å². The van der Waals surface area contributed by atoms with Crippen molar-refractivity contribution in [2.24, 2.45) is 0 Å². The van der Waals surface area contributed by atoms with Gasteiger partial charge in [-0.1, -0.05) is 30.3 Å². The first-order valence-electron chi connectivity index (χ1n) is 9.73. The molecule has 0 atom stereocenters. The highest BCUT2D eigenvalue weighted by molar-refractivity contribution is 7.11. The number of rotatable bonds is 7. The fourth-order valence-corrected chi connectivity index (χ4v) is 4.08. The van der Waals surface area contributed by atoms with Gasteiger partial charge in [-0.15, -0.1) is 11.3 Å². The first kappa shape index (κ1) is 19.3. The molecule has 0 saturated carbocycles. The number of carbonyl (C=O) groups excluding carboxylic acids is 1. The number of aryl methyl sites for hydroxylation is 4. The fraction of sp³-hybridized carbons (Fsp3) is 0.261. The second kappa shape index (κ2) is 8.57. The summed E-state index contributed by atoms with van der Waals surface area (Å²) in [5.74, 6) is 0.585. The average molecular weight is 406 g/mol. The van der Waals surface area contributed by atoms with Crippen LogP contribution < -0.4 is 5.32 Å². The summed E-state index contributed by atoms with van der Waals surface area (Å²) in [6.45, 7) is 4.63. The van der Waals surface area contributed by atoms with Gasteiger partial charge in [0.15, 0.2) is 11.5 Å². The first-order valence-corrected chi connectivity index (χ1v) is 10.5. The van der Waals surface area contributed by atoms with Crippen LogP contribution in [0.1, 0.15) is 37.4 Å². The third-order valence-electron chi connectivity index (χ3n) is 4.86. The Morgan fingerprint density at radius 3 is 2.62 bits per heavy atom. The molecule has 2 aromatic heterocycles. The number of fused-ring (bicyclic) bond motifs is 1. The number of aromatic nitrogens is 2. The van der Waals surface area contributed by atoms with Crippen molar-refractivity contribution >= 4 is 28.3 Å². The summed E-state index contributed by atoms with van der Waals surface area (Å²) in [6.07, 6.45) is 2.34. The molecule has 6 heteroatoms. The lowest BCUT2D eigenvalue weighted by molar-refractivity contribution is 0.0954. The standard InChI is InChI=1S/C23H23N3O2S/c1-15-16(2)29-22(25-15)12-13-24-23(27)18-9-10-20-19(14-18)26-21(28-20)11-8-17-6-4-3-5-7-17/h3-7,9-10,14H,8,11-13H2,1-2H3,(H,24,27). The van der Waals surface area contributed by atoms with Crippen molar-refractivity contribution < 1.29 is 9.21 Å². The molecule has 4 aromatic rings. The van der Waals surface area contributed by atoms with Crippen molar-refractivity contribution in [2.75, 3.05) is 6.54 Å². The van der Waals surface area contributed by atoms with Crippen LogP contribution in [-0.4, -0.2) is 22.4 Å². The van der Waals surface area contributed by atoms with E-state index in [1.165, 1.54) is 10.4 Å². The van der Waals surface area contributed by atoms with Crippen molar-refractivity contribution in [1.29, 1.82) is 0 Å². The number of carbonyl (C=O) groups is 1. The third kappa shape index (κ3) is 4.71. The largest absolute Gasteiger partial charge is 0.441 e. The highest BCUT2D eigenvalue weighted by Gasteiger charge is 2.11. The number of thiazole rings is 1. The zero-order chi connectivity index (χ0) is 20.2. The summed E-state index contributed by atoms with van der Waals surface area (Å²) >= 11 is 1.68. The van der Waals surface area contributed by atoms with Gasteiger partial charge in [0, 0.05) is 29.8 Å². The summed E-state index contributed by atoms with van der Waals surface area (Å²) in [5.41, 5.74) is 4.33. The molecule has 0 aliphatic carbocycles. The summed E-state index contributed by atoms with van der Waals surface area (Å²) < 4.78 is 5.83. The zero-order valence-electron chi connectivity index (χ0n) is 16.6. The molecule has 0 unspecified atom stereocenters. The van der Waals surface area contributed by atoms with Crippen LogP contribution in [0.15, 0.2) is 52.9 Å². The van der Waals surface area contributed by atoms with Crippen molar-refractivity contribution in [3.8, 4) is 0 Å². The van der Waals surface area contributed by atoms with Crippen LogP contribution >= 0.6 is 11.3 Å². The Morgan fingerprint density at radius 1 is 1.03 bits per heavy atom. The lowest BCUT2D eigenvalue weighted by Crippen LogP contribution is -2.25. The molecule has 0 bridgehead atoms. The van der Waals surface area contributed by atoms with Gasteiger partial charge in [0.2, 0.25) is 0 Å². The van der Waals surface area contributed by atoms with E-state index >= 15 is 0 Å². The van der Waals surface area contributed by atoms with E-state index in [9.17, 15) is 4.79 Å². The molecule has 2 heterocycles. The Morgan fingerprint density at radius 2 is 1.86 bits per heavy atom. The summed E-state index contributed by atoms with van der Waals surface area (Å²) in [6, 6.07) is 15.6. The van der Waals surface area contributed by atoms with E-state index < -0.39 is 0 Å². The molecular formula is C23H23N3O2S. The third-order valence-corrected chi connectivity index (χ3v) is 5.99. The maximum absolute atomic E-state index is 12.5. The van der Waals surface area contributed by atoms with Crippen LogP contribution in [0.5, 0.6) is 0 Å². The SMILES string of the molecule is Cc1nc(CCNC(=O)c2ccc3oc(CCc4ccccc4)nc3c2)sc1C. The minimum Gasteiger partial charge on any atom is -0.441 e. The maximum Gasteiger partial charge on any atom is 0.251 e. The smallest absolute Gasteiger partial charge is 0.251 e. The molecule has 5 nitrogen and oxygen atoms in total. The number of oxazole rings is 1. The van der Waals surface area contributed by atoms with Gasteiger partial charge in [-0.05, 0) is 44.0 Å². The Labute approximate surface area is 173 Å². The zero-order valence-corrected chi connectivity index (χ0v) is 17.4. The first-order chi connectivity index (χ1) is 14.1. The molecule has 0 aliphatic heterocycles. The molecule has 148 valence electrons. The van der Waals surface area contributed by atoms with Gasteiger partial charge in [0.1, 0.15) is 5.52 Å². The lowest BCUT2D eigenvalue weighted by atomic mass is 10.1. The van der Waals surface area contributed by atoms with Gasteiger partial charge in [-0.25, -0.2) is 9.97 Å². The molecule has 0 fully saturated rings. The predicted octanol–water partition coefficient (Wildman–Crippen LogP) is 4.66. The van der Waals surface area contributed by atoms with Crippen LogP contribution in [0, 0.1) is 13.8 Å². The number of nitrogens with zero attached hydrogens (tertiary/aromatic N) is 2. The minimum atomic E-state index is -0.106. The molecule has 0 radical (unpaired) electrons. The lowest BCUT2D eigenvalue weighted by Gasteiger charge is -2.03. The predicted molar refractivity (Wildman–Crippen MR) is 115 cm³/mol. The van der Waals surface area contributed by atoms with Crippen molar-refractivity contribution in [1.82, 2.24) is 15.3 Å². The number of hydrogen-bond acceptors (Lipinski definition) is 5. The summed E-state index contributed by atoms with van der Waals surface area (Å²) in [5, 5.41) is 4.01. The van der Waals surface area contributed by atoms with E-state index in [2.05, 4.69) is 34.3 Å². The minimum absolute atomic E-state index is 0.106. The van der Waals surface area contributed by atoms with Gasteiger partial charge >= 0.3 is 0 Å². The monoisotopic (exact) mass is 405 g/mol. The van der Waals surface area contributed by atoms with Gasteiger partial charge in [-0.3, -0.25) is 4.79 Å². The quantitative estimate of drug-likeness (QED) is 0.486. The molecule has 2 aromatic carbocycles. The molecule has 4 rings (SSSR count). The molecule has 0 saturated heterocycles. The number of benzene rings is 2. The normalized spacial score (nSPS) is 11.1. The molecule has 1 N–H and O–H groups in total. The van der Waals surface area contributed by atoms with E-state index in [1.54, 1.807) is 23.5 Å². The fourth-order valence-electron chi connectivity index (χ4n) is 3.15. The highest BCUT2D eigenvalue weighted by atomic mass is 32.1. The van der Waals surface area contributed by atoms with Crippen molar-refractivity contribution in [3.05, 3.63) is 81.1 Å². The average Bonchev–Trinajstić information content (AvgIpc) is 3.28. The van der Waals surface area contributed by atoms with Crippen LogP contribution in [0.4, 0.5) is 0 Å². The second-order valence-electron chi connectivity index (χ2n) is 7.03. The molecule has 29 heavy (non-hydrogen) atoms. The Kier molecular flexibility index (Phi) is 5.71. The van der Waals surface area contributed by atoms with E-state index in [4.69, 9.17) is 4.42 Å².